The average Bonchev–Trinajstić information content (AvgIpc) is 2.96. The number of hydrogen-bond donors (Lipinski definition) is 4. The summed E-state index contributed by atoms with van der Waals surface area (Å²) in [6.07, 6.45) is 0.189. The van der Waals surface area contributed by atoms with Crippen molar-refractivity contribution in [2.24, 2.45) is 5.92 Å². The third-order valence-corrected chi connectivity index (χ3v) is 6.12. The third-order valence-electron chi connectivity index (χ3n) is 6.12. The zero-order valence-corrected chi connectivity index (χ0v) is 20.9. The molecule has 0 spiro atoms. The largest absolute Gasteiger partial charge is 0.397 e. The van der Waals surface area contributed by atoms with Crippen LogP contribution in [0.4, 0.5) is 11.4 Å². The van der Waals surface area contributed by atoms with Gasteiger partial charge in [0, 0.05) is 18.7 Å². The number of rotatable bonds is 10. The number of hydrogen-bond acceptors (Lipinski definition) is 4. The first-order valence-corrected chi connectivity index (χ1v) is 12.4. The number of carbonyl (C=O) groups is 3. The zero-order chi connectivity index (χ0) is 26.7. The molecule has 0 heterocycles. The molecule has 0 aliphatic heterocycles. The minimum absolute atomic E-state index is 0.189. The molecule has 4 rings (SSSR count). The van der Waals surface area contributed by atoms with Crippen LogP contribution in [0.15, 0.2) is 109 Å². The van der Waals surface area contributed by atoms with Gasteiger partial charge in [0.25, 0.3) is 5.91 Å². The summed E-state index contributed by atoms with van der Waals surface area (Å²) in [7, 11) is 0. The Bertz CT molecular complexity index is 1320. The predicted octanol–water partition coefficient (Wildman–Crippen LogP) is 4.31. The maximum Gasteiger partial charge on any atom is 0.255 e. The quantitative estimate of drug-likeness (QED) is 0.190. The molecule has 4 aromatic rings. The first kappa shape index (κ1) is 26.2. The van der Waals surface area contributed by atoms with E-state index in [1.54, 1.807) is 48.5 Å². The van der Waals surface area contributed by atoms with Gasteiger partial charge in [-0.3, -0.25) is 14.4 Å². The lowest BCUT2D eigenvalue weighted by Crippen LogP contribution is -2.42. The molecule has 0 aliphatic rings. The monoisotopic (exact) mass is 506 g/mol. The molecule has 38 heavy (non-hydrogen) atoms. The van der Waals surface area contributed by atoms with Gasteiger partial charge in [0.15, 0.2) is 0 Å². The van der Waals surface area contributed by atoms with E-state index in [4.69, 9.17) is 5.73 Å². The Morgan fingerprint density at radius 1 is 0.605 bits per heavy atom. The molecule has 0 aliphatic carbocycles. The summed E-state index contributed by atoms with van der Waals surface area (Å²) in [5, 5.41) is 8.57. The average molecular weight is 507 g/mol. The van der Waals surface area contributed by atoms with Crippen molar-refractivity contribution in [3.63, 3.8) is 0 Å². The standard InChI is InChI=1S/C31H30N4O3/c32-27-13-7-8-14-28(27)35-29(36)25-17-15-22(16-18-25)19-26(30(37)33-20-23-9-3-1-4-10-23)31(38)34-21-24-11-5-2-6-12-24/h1-18,26H,19-21,32H2,(H,33,37)(H,34,38)(H,35,36). The lowest BCUT2D eigenvalue weighted by Gasteiger charge is -2.17. The van der Waals surface area contributed by atoms with E-state index in [1.807, 2.05) is 60.7 Å². The van der Waals surface area contributed by atoms with Gasteiger partial charge >= 0.3 is 0 Å². The van der Waals surface area contributed by atoms with E-state index in [9.17, 15) is 14.4 Å². The minimum Gasteiger partial charge on any atom is -0.397 e. The number of anilines is 2. The van der Waals surface area contributed by atoms with Gasteiger partial charge in [0.05, 0.1) is 11.4 Å². The van der Waals surface area contributed by atoms with Crippen molar-refractivity contribution < 1.29 is 14.4 Å². The van der Waals surface area contributed by atoms with Gasteiger partial charge in [-0.15, -0.1) is 0 Å². The van der Waals surface area contributed by atoms with E-state index in [2.05, 4.69) is 16.0 Å². The van der Waals surface area contributed by atoms with Gasteiger partial charge in [-0.05, 0) is 47.4 Å². The number of carbonyl (C=O) groups excluding carboxylic acids is 3. The van der Waals surface area contributed by atoms with Crippen LogP contribution in [0.2, 0.25) is 0 Å². The molecule has 0 saturated heterocycles. The highest BCUT2D eigenvalue weighted by Gasteiger charge is 2.27. The van der Waals surface area contributed by atoms with E-state index < -0.39 is 5.92 Å². The van der Waals surface area contributed by atoms with Crippen LogP contribution in [0.1, 0.15) is 27.0 Å². The maximum absolute atomic E-state index is 13.1. The van der Waals surface area contributed by atoms with E-state index in [0.717, 1.165) is 16.7 Å². The van der Waals surface area contributed by atoms with Gasteiger partial charge in [-0.2, -0.15) is 0 Å². The lowest BCUT2D eigenvalue weighted by atomic mass is 9.96. The summed E-state index contributed by atoms with van der Waals surface area (Å²) in [6.45, 7) is 0.647. The van der Waals surface area contributed by atoms with Gasteiger partial charge in [-0.25, -0.2) is 0 Å². The van der Waals surface area contributed by atoms with Crippen molar-refractivity contribution in [1.29, 1.82) is 0 Å². The molecule has 0 saturated carbocycles. The Morgan fingerprint density at radius 2 is 1.11 bits per heavy atom. The fourth-order valence-corrected chi connectivity index (χ4v) is 3.95. The Labute approximate surface area is 222 Å². The van der Waals surface area contributed by atoms with Crippen molar-refractivity contribution in [2.45, 2.75) is 19.5 Å². The highest BCUT2D eigenvalue weighted by molar-refractivity contribution is 6.05. The van der Waals surface area contributed by atoms with E-state index in [0.29, 0.717) is 30.0 Å². The van der Waals surface area contributed by atoms with Crippen molar-refractivity contribution in [2.75, 3.05) is 11.1 Å². The zero-order valence-electron chi connectivity index (χ0n) is 20.9. The van der Waals surface area contributed by atoms with Crippen molar-refractivity contribution in [3.8, 4) is 0 Å². The second kappa shape index (κ2) is 12.9. The SMILES string of the molecule is Nc1ccccc1NC(=O)c1ccc(CC(C(=O)NCc2ccccc2)C(=O)NCc2ccccc2)cc1. The predicted molar refractivity (Wildman–Crippen MR) is 149 cm³/mol. The molecule has 0 aromatic heterocycles. The van der Waals surface area contributed by atoms with Gasteiger partial charge < -0.3 is 21.7 Å². The molecule has 0 unspecified atom stereocenters. The summed E-state index contributed by atoms with van der Waals surface area (Å²) >= 11 is 0. The topological polar surface area (TPSA) is 113 Å². The number of benzene rings is 4. The van der Waals surface area contributed by atoms with E-state index in [-0.39, 0.29) is 24.1 Å². The molecular weight excluding hydrogens is 476 g/mol. The molecule has 0 bridgehead atoms. The van der Waals surface area contributed by atoms with Crippen LogP contribution >= 0.6 is 0 Å². The van der Waals surface area contributed by atoms with Gasteiger partial charge in [0.1, 0.15) is 5.92 Å². The smallest absolute Gasteiger partial charge is 0.255 e. The fraction of sp³-hybridized carbons (Fsp3) is 0.129. The molecule has 3 amide bonds. The summed E-state index contributed by atoms with van der Waals surface area (Å²) in [5.74, 6) is -1.96. The van der Waals surface area contributed by atoms with Crippen LogP contribution in [0.25, 0.3) is 0 Å². The highest BCUT2D eigenvalue weighted by atomic mass is 16.2. The molecule has 0 fully saturated rings. The molecule has 0 atom stereocenters. The van der Waals surface area contributed by atoms with Crippen LogP contribution in [-0.2, 0) is 29.1 Å². The summed E-state index contributed by atoms with van der Waals surface area (Å²) in [5.41, 5.74) is 10.0. The van der Waals surface area contributed by atoms with Crippen molar-refractivity contribution in [3.05, 3.63) is 131 Å². The number of para-hydroxylation sites is 2. The lowest BCUT2D eigenvalue weighted by molar-refractivity contribution is -0.135. The number of amides is 3. The van der Waals surface area contributed by atoms with Crippen LogP contribution in [0, 0.1) is 5.92 Å². The maximum atomic E-state index is 13.1. The highest BCUT2D eigenvalue weighted by Crippen LogP contribution is 2.19. The molecule has 7 heteroatoms. The molecule has 5 N–H and O–H groups in total. The first-order valence-electron chi connectivity index (χ1n) is 12.4. The fourth-order valence-electron chi connectivity index (χ4n) is 3.95. The second-order valence-electron chi connectivity index (χ2n) is 8.90. The van der Waals surface area contributed by atoms with E-state index in [1.165, 1.54) is 0 Å². The number of nitrogens with two attached hydrogens (primary N) is 1. The number of nitrogens with one attached hydrogen (secondary N) is 3. The molecule has 192 valence electrons. The normalized spacial score (nSPS) is 10.6. The van der Waals surface area contributed by atoms with Crippen molar-refractivity contribution >= 4 is 29.1 Å². The molecule has 4 aromatic carbocycles. The summed E-state index contributed by atoms with van der Waals surface area (Å²) in [4.78, 5) is 38.9. The Hall–Kier alpha value is -4.91. The van der Waals surface area contributed by atoms with Crippen LogP contribution in [0.3, 0.4) is 0 Å². The van der Waals surface area contributed by atoms with E-state index >= 15 is 0 Å². The minimum atomic E-state index is -0.939. The van der Waals surface area contributed by atoms with Crippen molar-refractivity contribution in [1.82, 2.24) is 10.6 Å². The Balaban J connectivity index is 1.44. The summed E-state index contributed by atoms with van der Waals surface area (Å²) < 4.78 is 0. The van der Waals surface area contributed by atoms with Gasteiger partial charge in [-0.1, -0.05) is 84.9 Å². The molecule has 7 nitrogen and oxygen atoms in total. The summed E-state index contributed by atoms with van der Waals surface area (Å²) in [6, 6.07) is 32.9. The number of nitrogen functional groups attached to an aromatic ring is 1. The molecular formula is C31H30N4O3. The second-order valence-corrected chi connectivity index (χ2v) is 8.90. The third kappa shape index (κ3) is 7.30. The molecule has 0 radical (unpaired) electrons. The van der Waals surface area contributed by atoms with Crippen LogP contribution in [-0.4, -0.2) is 17.7 Å². The Kier molecular flexibility index (Phi) is 8.86. The first-order chi connectivity index (χ1) is 18.5. The Morgan fingerprint density at radius 3 is 1.63 bits per heavy atom. The van der Waals surface area contributed by atoms with Crippen LogP contribution < -0.4 is 21.7 Å². The van der Waals surface area contributed by atoms with Gasteiger partial charge in [0.2, 0.25) is 11.8 Å². The van der Waals surface area contributed by atoms with Crippen LogP contribution in [0.5, 0.6) is 0 Å².